The van der Waals surface area contributed by atoms with E-state index in [9.17, 15) is 14.4 Å². The van der Waals surface area contributed by atoms with Crippen molar-refractivity contribution in [1.29, 1.82) is 0 Å². The second-order valence-corrected chi connectivity index (χ2v) is 5.30. The molecule has 0 spiro atoms. The molecule has 2 aliphatic rings. The molecule has 2 aliphatic heterocycles. The lowest BCUT2D eigenvalue weighted by atomic mass is 10.1. The fourth-order valence-electron chi connectivity index (χ4n) is 2.61. The molecule has 8 heteroatoms. The summed E-state index contributed by atoms with van der Waals surface area (Å²) < 4.78 is 5.28. The van der Waals surface area contributed by atoms with Crippen molar-refractivity contribution in [3.63, 3.8) is 0 Å². The van der Waals surface area contributed by atoms with Crippen molar-refractivity contribution in [2.24, 2.45) is 0 Å². The first-order valence-corrected chi connectivity index (χ1v) is 7.11. The normalized spacial score (nSPS) is 26.6. The largest absolute Gasteiger partial charge is 0.479 e. The molecule has 2 unspecified atom stereocenters. The number of hydrogen-bond acceptors (Lipinski definition) is 5. The number of nitrogens with one attached hydrogen (secondary N) is 1. The van der Waals surface area contributed by atoms with E-state index in [1.807, 2.05) is 4.90 Å². The van der Waals surface area contributed by atoms with Crippen molar-refractivity contribution in [3.05, 3.63) is 0 Å². The third-order valence-electron chi connectivity index (χ3n) is 3.90. The van der Waals surface area contributed by atoms with E-state index in [1.54, 1.807) is 11.9 Å². The Labute approximate surface area is 123 Å². The van der Waals surface area contributed by atoms with Gasteiger partial charge in [-0.05, 0) is 12.8 Å². The van der Waals surface area contributed by atoms with Gasteiger partial charge in [0.15, 0.2) is 6.10 Å². The number of likely N-dealkylation sites (N-methyl/N-ethyl adjacent to an activating group) is 1. The van der Waals surface area contributed by atoms with Crippen molar-refractivity contribution < 1.29 is 24.2 Å². The summed E-state index contributed by atoms with van der Waals surface area (Å²) in [6.07, 6.45) is -0.679. The number of carboxylic acid groups (broad SMARTS) is 1. The van der Waals surface area contributed by atoms with E-state index >= 15 is 0 Å². The Bertz CT molecular complexity index is 420. The first-order valence-electron chi connectivity index (χ1n) is 7.11. The topological polar surface area (TPSA) is 99.2 Å². The molecular weight excluding hydrogens is 278 g/mol. The Morgan fingerprint density at radius 3 is 2.29 bits per heavy atom. The van der Waals surface area contributed by atoms with E-state index in [4.69, 9.17) is 9.84 Å². The summed E-state index contributed by atoms with van der Waals surface area (Å²) in [5.74, 6) is -1.20. The van der Waals surface area contributed by atoms with Gasteiger partial charge >= 0.3 is 5.97 Å². The highest BCUT2D eigenvalue weighted by Crippen LogP contribution is 2.22. The maximum Gasteiger partial charge on any atom is 0.332 e. The summed E-state index contributed by atoms with van der Waals surface area (Å²) >= 11 is 0. The third-order valence-corrected chi connectivity index (χ3v) is 3.90. The highest BCUT2D eigenvalue weighted by Gasteiger charge is 2.37. The highest BCUT2D eigenvalue weighted by atomic mass is 16.5. The van der Waals surface area contributed by atoms with Crippen LogP contribution in [0.1, 0.15) is 12.8 Å². The van der Waals surface area contributed by atoms with Crippen molar-refractivity contribution in [2.75, 3.05) is 39.8 Å². The molecule has 2 amide bonds. The van der Waals surface area contributed by atoms with Crippen LogP contribution in [0.3, 0.4) is 0 Å². The van der Waals surface area contributed by atoms with Gasteiger partial charge in [-0.15, -0.1) is 0 Å². The lowest BCUT2D eigenvalue weighted by molar-refractivity contribution is -0.155. The molecule has 0 aromatic heterocycles. The standard InChI is InChI=1S/C13H21N3O5/c1-14-11(17)8-15-4-6-16(7-5-15)12(18)9-2-3-10(21-9)13(19)20/h9-10H,2-8H2,1H3,(H,14,17)(H,19,20). The summed E-state index contributed by atoms with van der Waals surface area (Å²) in [5, 5.41) is 11.4. The van der Waals surface area contributed by atoms with Crippen LogP contribution in [0.4, 0.5) is 0 Å². The minimum Gasteiger partial charge on any atom is -0.479 e. The van der Waals surface area contributed by atoms with Crippen molar-refractivity contribution in [2.45, 2.75) is 25.0 Å². The molecule has 0 aromatic carbocycles. The zero-order valence-electron chi connectivity index (χ0n) is 12.1. The van der Waals surface area contributed by atoms with Crippen molar-refractivity contribution >= 4 is 17.8 Å². The van der Waals surface area contributed by atoms with E-state index in [-0.39, 0.29) is 11.8 Å². The minimum atomic E-state index is -1.01. The molecule has 2 fully saturated rings. The number of carboxylic acids is 1. The number of piperazine rings is 1. The Morgan fingerprint density at radius 2 is 1.76 bits per heavy atom. The van der Waals surface area contributed by atoms with Gasteiger partial charge in [0.25, 0.3) is 5.91 Å². The van der Waals surface area contributed by atoms with Crippen LogP contribution in [0.15, 0.2) is 0 Å². The Hall–Kier alpha value is -1.67. The second-order valence-electron chi connectivity index (χ2n) is 5.30. The summed E-state index contributed by atoms with van der Waals surface area (Å²) in [4.78, 5) is 38.1. The first-order chi connectivity index (χ1) is 10.0. The lowest BCUT2D eigenvalue weighted by Gasteiger charge is -2.35. The monoisotopic (exact) mass is 299 g/mol. The van der Waals surface area contributed by atoms with Crippen LogP contribution in [-0.4, -0.2) is 84.7 Å². The van der Waals surface area contributed by atoms with E-state index in [1.165, 1.54) is 0 Å². The number of carbonyl (C=O) groups excluding carboxylic acids is 2. The molecule has 2 N–H and O–H groups in total. The molecule has 0 saturated carbocycles. The maximum absolute atomic E-state index is 12.3. The van der Waals surface area contributed by atoms with Crippen LogP contribution < -0.4 is 5.32 Å². The van der Waals surface area contributed by atoms with Crippen LogP contribution in [0.5, 0.6) is 0 Å². The molecule has 21 heavy (non-hydrogen) atoms. The fraction of sp³-hybridized carbons (Fsp3) is 0.769. The van der Waals surface area contributed by atoms with Gasteiger partial charge in [-0.1, -0.05) is 0 Å². The SMILES string of the molecule is CNC(=O)CN1CCN(C(=O)C2CCC(C(=O)O)O2)CC1. The molecule has 0 aromatic rings. The van der Waals surface area contributed by atoms with E-state index in [2.05, 4.69) is 5.32 Å². The summed E-state index contributed by atoms with van der Waals surface area (Å²) in [7, 11) is 1.60. The summed E-state index contributed by atoms with van der Waals surface area (Å²) in [6.45, 7) is 2.67. The Morgan fingerprint density at radius 1 is 1.14 bits per heavy atom. The molecule has 118 valence electrons. The van der Waals surface area contributed by atoms with Gasteiger partial charge in [0.1, 0.15) is 6.10 Å². The number of ether oxygens (including phenoxy) is 1. The van der Waals surface area contributed by atoms with Gasteiger partial charge in [0.2, 0.25) is 5.91 Å². The molecule has 2 rings (SSSR count). The molecule has 2 heterocycles. The van der Waals surface area contributed by atoms with Crippen LogP contribution in [-0.2, 0) is 19.1 Å². The highest BCUT2D eigenvalue weighted by molar-refractivity contribution is 5.83. The number of nitrogens with zero attached hydrogens (tertiary/aromatic N) is 2. The van der Waals surface area contributed by atoms with Gasteiger partial charge in [0, 0.05) is 33.2 Å². The predicted octanol–water partition coefficient (Wildman–Crippen LogP) is -1.49. The molecule has 2 saturated heterocycles. The van der Waals surface area contributed by atoms with E-state index in [0.717, 1.165) is 0 Å². The van der Waals surface area contributed by atoms with Crippen LogP contribution in [0.2, 0.25) is 0 Å². The van der Waals surface area contributed by atoms with Gasteiger partial charge in [0.05, 0.1) is 6.54 Å². The van der Waals surface area contributed by atoms with E-state index in [0.29, 0.717) is 45.6 Å². The Balaban J connectivity index is 1.78. The number of rotatable bonds is 4. The molecule has 0 bridgehead atoms. The van der Waals surface area contributed by atoms with E-state index < -0.39 is 18.2 Å². The zero-order chi connectivity index (χ0) is 15.4. The zero-order valence-corrected chi connectivity index (χ0v) is 12.1. The first kappa shape index (κ1) is 15.7. The quantitative estimate of drug-likeness (QED) is 0.656. The van der Waals surface area contributed by atoms with Gasteiger partial charge in [-0.3, -0.25) is 14.5 Å². The van der Waals surface area contributed by atoms with Crippen LogP contribution in [0.25, 0.3) is 0 Å². The Kier molecular flexibility index (Phi) is 5.13. The number of hydrogen-bond donors (Lipinski definition) is 2. The smallest absolute Gasteiger partial charge is 0.332 e. The number of carbonyl (C=O) groups is 3. The van der Waals surface area contributed by atoms with Crippen molar-refractivity contribution in [1.82, 2.24) is 15.1 Å². The van der Waals surface area contributed by atoms with Gasteiger partial charge in [-0.25, -0.2) is 4.79 Å². The van der Waals surface area contributed by atoms with Crippen molar-refractivity contribution in [3.8, 4) is 0 Å². The summed E-state index contributed by atoms with van der Waals surface area (Å²) in [6, 6.07) is 0. The second kappa shape index (κ2) is 6.86. The molecule has 0 aliphatic carbocycles. The molecule has 0 radical (unpaired) electrons. The lowest BCUT2D eigenvalue weighted by Crippen LogP contribution is -2.53. The molecule has 2 atom stereocenters. The maximum atomic E-state index is 12.3. The number of amides is 2. The average Bonchev–Trinajstić information content (AvgIpc) is 2.97. The minimum absolute atomic E-state index is 0.0433. The van der Waals surface area contributed by atoms with Gasteiger partial charge < -0.3 is 20.1 Å². The van der Waals surface area contributed by atoms with Crippen LogP contribution in [0, 0.1) is 0 Å². The average molecular weight is 299 g/mol. The molecular formula is C13H21N3O5. The van der Waals surface area contributed by atoms with Crippen LogP contribution >= 0.6 is 0 Å². The summed E-state index contributed by atoms with van der Waals surface area (Å²) in [5.41, 5.74) is 0. The van der Waals surface area contributed by atoms with Gasteiger partial charge in [-0.2, -0.15) is 0 Å². The number of aliphatic carboxylic acids is 1. The third kappa shape index (κ3) is 3.92. The predicted molar refractivity (Wildman–Crippen MR) is 72.6 cm³/mol. The molecule has 8 nitrogen and oxygen atoms in total. The fourth-order valence-corrected chi connectivity index (χ4v) is 2.61.